The van der Waals surface area contributed by atoms with Crippen LogP contribution in [0.4, 0.5) is 0 Å². The Morgan fingerprint density at radius 2 is 2.15 bits per heavy atom. The van der Waals surface area contributed by atoms with Gasteiger partial charge in [0, 0.05) is 18.8 Å². The number of nitrogens with one attached hydrogen (secondary N) is 1. The van der Waals surface area contributed by atoms with Gasteiger partial charge in [-0.25, -0.2) is 9.97 Å². The van der Waals surface area contributed by atoms with Crippen LogP contribution in [0.3, 0.4) is 0 Å². The second kappa shape index (κ2) is 7.06. The molecule has 1 aromatic carbocycles. The number of aryl methyl sites for hydroxylation is 2. The number of nitrogens with zero attached hydrogens (tertiary/aromatic N) is 5. The number of amides is 1. The molecular weight excluding hydrogens is 344 g/mol. The fourth-order valence-corrected chi connectivity index (χ4v) is 3.09. The molecule has 8 nitrogen and oxygen atoms in total. The zero-order chi connectivity index (χ0) is 18.8. The number of carbonyl (C=O) groups excluding carboxylic acids is 1. The predicted octanol–water partition coefficient (Wildman–Crippen LogP) is 2.53. The van der Waals surface area contributed by atoms with Crippen molar-refractivity contribution >= 4 is 16.9 Å². The van der Waals surface area contributed by atoms with Crippen LogP contribution in [0.25, 0.3) is 11.0 Å². The van der Waals surface area contributed by atoms with E-state index in [0.717, 1.165) is 29.1 Å². The lowest BCUT2D eigenvalue weighted by Crippen LogP contribution is -2.24. The standard InChI is InChI=1S/C19H20N6O2/c1-3-24-12-20-9-14(24)10-21-19(26)17-8-15(27-23-17)11-25-13(2)22-16-6-4-5-7-18(16)25/h4-9,12H,3,10-11H2,1-2H3,(H,21,26). The quantitative estimate of drug-likeness (QED) is 0.568. The van der Waals surface area contributed by atoms with Crippen LogP contribution in [0.1, 0.15) is 34.7 Å². The Bertz CT molecular complexity index is 1090. The van der Waals surface area contributed by atoms with Crippen molar-refractivity contribution in [1.82, 2.24) is 29.6 Å². The molecule has 0 bridgehead atoms. The topological polar surface area (TPSA) is 90.8 Å². The van der Waals surface area contributed by atoms with E-state index in [1.54, 1.807) is 18.6 Å². The molecule has 0 aliphatic rings. The van der Waals surface area contributed by atoms with Crippen molar-refractivity contribution in [2.45, 2.75) is 33.5 Å². The minimum absolute atomic E-state index is 0.259. The summed E-state index contributed by atoms with van der Waals surface area (Å²) in [6.07, 6.45) is 3.48. The fraction of sp³-hybridized carbons (Fsp3) is 0.263. The van der Waals surface area contributed by atoms with Crippen LogP contribution in [0.2, 0.25) is 0 Å². The average Bonchev–Trinajstić information content (AvgIpc) is 3.39. The number of fused-ring (bicyclic) bond motifs is 1. The highest BCUT2D eigenvalue weighted by molar-refractivity contribution is 5.92. The molecular formula is C19H20N6O2. The summed E-state index contributed by atoms with van der Waals surface area (Å²) in [4.78, 5) is 21.0. The molecule has 4 rings (SSSR count). The summed E-state index contributed by atoms with van der Waals surface area (Å²) < 4.78 is 9.38. The van der Waals surface area contributed by atoms with E-state index in [4.69, 9.17) is 4.52 Å². The average molecular weight is 364 g/mol. The van der Waals surface area contributed by atoms with Crippen molar-refractivity contribution in [2.24, 2.45) is 0 Å². The van der Waals surface area contributed by atoms with Crippen LogP contribution in [-0.4, -0.2) is 30.2 Å². The van der Waals surface area contributed by atoms with E-state index in [9.17, 15) is 4.79 Å². The van der Waals surface area contributed by atoms with Crippen molar-refractivity contribution in [3.63, 3.8) is 0 Å². The Hall–Kier alpha value is -3.42. The molecule has 3 aromatic heterocycles. The molecule has 27 heavy (non-hydrogen) atoms. The lowest BCUT2D eigenvalue weighted by atomic mass is 10.3. The molecule has 0 saturated carbocycles. The molecule has 3 heterocycles. The minimum atomic E-state index is -0.277. The predicted molar refractivity (Wildman–Crippen MR) is 99.1 cm³/mol. The van der Waals surface area contributed by atoms with Crippen molar-refractivity contribution in [3.05, 3.63) is 65.8 Å². The van der Waals surface area contributed by atoms with E-state index in [1.807, 2.05) is 47.2 Å². The van der Waals surface area contributed by atoms with Gasteiger partial charge in [0.2, 0.25) is 0 Å². The molecule has 0 fully saturated rings. The number of benzene rings is 1. The summed E-state index contributed by atoms with van der Waals surface area (Å²) in [7, 11) is 0. The molecule has 1 N–H and O–H groups in total. The molecule has 1 amide bonds. The third-order valence-corrected chi connectivity index (χ3v) is 4.52. The molecule has 0 spiro atoms. The van der Waals surface area contributed by atoms with Crippen LogP contribution >= 0.6 is 0 Å². The maximum Gasteiger partial charge on any atom is 0.273 e. The summed E-state index contributed by atoms with van der Waals surface area (Å²) in [5, 5.41) is 6.75. The van der Waals surface area contributed by atoms with E-state index in [1.165, 1.54) is 0 Å². The Morgan fingerprint density at radius 3 is 3.00 bits per heavy atom. The Morgan fingerprint density at radius 1 is 1.30 bits per heavy atom. The van der Waals surface area contributed by atoms with Gasteiger partial charge in [-0.15, -0.1) is 0 Å². The smallest absolute Gasteiger partial charge is 0.273 e. The monoisotopic (exact) mass is 364 g/mol. The first kappa shape index (κ1) is 17.0. The minimum Gasteiger partial charge on any atom is -0.359 e. The van der Waals surface area contributed by atoms with Crippen molar-refractivity contribution in [3.8, 4) is 0 Å². The number of hydrogen-bond acceptors (Lipinski definition) is 5. The number of carbonyl (C=O) groups is 1. The highest BCUT2D eigenvalue weighted by Gasteiger charge is 2.15. The lowest BCUT2D eigenvalue weighted by Gasteiger charge is -2.05. The summed E-state index contributed by atoms with van der Waals surface area (Å²) in [6, 6.07) is 9.58. The molecule has 0 atom stereocenters. The van der Waals surface area contributed by atoms with E-state index < -0.39 is 0 Å². The van der Waals surface area contributed by atoms with Crippen LogP contribution in [0, 0.1) is 6.92 Å². The van der Waals surface area contributed by atoms with Gasteiger partial charge < -0.3 is 19.0 Å². The van der Waals surface area contributed by atoms with E-state index in [2.05, 4.69) is 20.4 Å². The SMILES string of the molecule is CCn1cncc1CNC(=O)c1cc(Cn2c(C)nc3ccccc32)on1. The third-order valence-electron chi connectivity index (χ3n) is 4.52. The first-order valence-electron chi connectivity index (χ1n) is 8.80. The molecule has 4 aromatic rings. The summed E-state index contributed by atoms with van der Waals surface area (Å²) >= 11 is 0. The van der Waals surface area contributed by atoms with Gasteiger partial charge in [0.1, 0.15) is 5.82 Å². The molecule has 0 aliphatic heterocycles. The Labute approximate surface area is 155 Å². The van der Waals surface area contributed by atoms with Gasteiger partial charge in [-0.1, -0.05) is 17.3 Å². The summed E-state index contributed by atoms with van der Waals surface area (Å²) in [6.45, 7) is 5.63. The van der Waals surface area contributed by atoms with E-state index >= 15 is 0 Å². The number of imidazole rings is 2. The summed E-state index contributed by atoms with van der Waals surface area (Å²) in [5.41, 5.74) is 3.15. The van der Waals surface area contributed by atoms with Gasteiger partial charge in [-0.2, -0.15) is 0 Å². The second-order valence-electron chi connectivity index (χ2n) is 6.27. The number of hydrogen-bond donors (Lipinski definition) is 1. The lowest BCUT2D eigenvalue weighted by molar-refractivity contribution is 0.0941. The van der Waals surface area contributed by atoms with Gasteiger partial charge in [-0.05, 0) is 26.0 Å². The maximum atomic E-state index is 12.4. The number of rotatable bonds is 6. The van der Waals surface area contributed by atoms with Crippen LogP contribution < -0.4 is 5.32 Å². The Kier molecular flexibility index (Phi) is 4.45. The molecule has 0 unspecified atom stereocenters. The zero-order valence-electron chi connectivity index (χ0n) is 15.2. The largest absolute Gasteiger partial charge is 0.359 e. The third kappa shape index (κ3) is 3.33. The van der Waals surface area contributed by atoms with Gasteiger partial charge in [-0.3, -0.25) is 4.79 Å². The molecule has 0 saturated heterocycles. The van der Waals surface area contributed by atoms with Gasteiger partial charge in [0.25, 0.3) is 5.91 Å². The number of para-hydroxylation sites is 2. The van der Waals surface area contributed by atoms with Crippen LogP contribution in [-0.2, 0) is 19.6 Å². The first-order valence-corrected chi connectivity index (χ1v) is 8.80. The molecule has 138 valence electrons. The first-order chi connectivity index (χ1) is 13.2. The van der Waals surface area contributed by atoms with Gasteiger partial charge in [0.05, 0.1) is 36.1 Å². The highest BCUT2D eigenvalue weighted by atomic mass is 16.5. The normalized spacial score (nSPS) is 11.2. The van der Waals surface area contributed by atoms with E-state index in [0.29, 0.717) is 18.8 Å². The maximum absolute atomic E-state index is 12.4. The highest BCUT2D eigenvalue weighted by Crippen LogP contribution is 2.17. The molecule has 0 radical (unpaired) electrons. The zero-order valence-corrected chi connectivity index (χ0v) is 15.2. The van der Waals surface area contributed by atoms with Crippen molar-refractivity contribution in [2.75, 3.05) is 0 Å². The van der Waals surface area contributed by atoms with Gasteiger partial charge in [0.15, 0.2) is 11.5 Å². The van der Waals surface area contributed by atoms with Gasteiger partial charge >= 0.3 is 0 Å². The number of aromatic nitrogens is 5. The molecule has 0 aliphatic carbocycles. The van der Waals surface area contributed by atoms with Crippen LogP contribution in [0.15, 0.2) is 47.4 Å². The molecule has 8 heteroatoms. The van der Waals surface area contributed by atoms with Crippen molar-refractivity contribution in [1.29, 1.82) is 0 Å². The van der Waals surface area contributed by atoms with Crippen LogP contribution in [0.5, 0.6) is 0 Å². The fourth-order valence-electron chi connectivity index (χ4n) is 3.09. The van der Waals surface area contributed by atoms with Crippen molar-refractivity contribution < 1.29 is 9.32 Å². The summed E-state index contributed by atoms with van der Waals surface area (Å²) in [5.74, 6) is 1.21. The Balaban J connectivity index is 1.46. The second-order valence-corrected chi connectivity index (χ2v) is 6.27. The van der Waals surface area contributed by atoms with E-state index in [-0.39, 0.29) is 11.6 Å².